The molecule has 0 aliphatic rings. The van der Waals surface area contributed by atoms with Crippen molar-refractivity contribution in [3.05, 3.63) is 24.4 Å². The van der Waals surface area contributed by atoms with E-state index in [1.165, 1.54) is 0 Å². The van der Waals surface area contributed by atoms with Crippen LogP contribution in [0.3, 0.4) is 0 Å². The molecule has 1 atom stereocenters. The number of halogens is 1. The summed E-state index contributed by atoms with van der Waals surface area (Å²) in [6, 6.07) is 5.83. The standard InChI is InChI=1S/C16H21ClN2O2/c1-10(2)13(17)9-19-16-12-8-15(21-4)14(20-3)7-11(12)5-6-18-16/h5-8,10,13H,9H2,1-4H3,(H,18,19). The van der Waals surface area contributed by atoms with E-state index in [1.807, 2.05) is 18.2 Å². The van der Waals surface area contributed by atoms with E-state index in [0.29, 0.717) is 24.0 Å². The number of nitrogens with zero attached hydrogens (tertiary/aromatic N) is 1. The lowest BCUT2D eigenvalue weighted by Gasteiger charge is -2.16. The van der Waals surface area contributed by atoms with Crippen LogP contribution in [0.4, 0.5) is 5.82 Å². The quantitative estimate of drug-likeness (QED) is 0.821. The molecule has 0 saturated heterocycles. The lowest BCUT2D eigenvalue weighted by molar-refractivity contribution is 0.356. The minimum Gasteiger partial charge on any atom is -0.493 e. The zero-order valence-corrected chi connectivity index (χ0v) is 13.6. The normalized spacial score (nSPS) is 12.5. The maximum atomic E-state index is 6.29. The van der Waals surface area contributed by atoms with E-state index >= 15 is 0 Å². The first-order valence-corrected chi connectivity index (χ1v) is 7.39. The van der Waals surface area contributed by atoms with Crippen LogP contribution in [0.5, 0.6) is 11.5 Å². The summed E-state index contributed by atoms with van der Waals surface area (Å²) in [6.07, 6.45) is 1.77. The number of hydrogen-bond acceptors (Lipinski definition) is 4. The van der Waals surface area contributed by atoms with Gasteiger partial charge in [0.1, 0.15) is 5.82 Å². The summed E-state index contributed by atoms with van der Waals surface area (Å²) in [5.74, 6) is 2.61. The monoisotopic (exact) mass is 308 g/mol. The van der Waals surface area contributed by atoms with Crippen molar-refractivity contribution < 1.29 is 9.47 Å². The third-order valence-corrected chi connectivity index (χ3v) is 4.11. The largest absolute Gasteiger partial charge is 0.493 e. The molecular weight excluding hydrogens is 288 g/mol. The van der Waals surface area contributed by atoms with Gasteiger partial charge in [0.25, 0.3) is 0 Å². The Balaban J connectivity index is 2.36. The molecule has 0 aliphatic heterocycles. The van der Waals surface area contributed by atoms with Crippen LogP contribution >= 0.6 is 11.6 Å². The number of alkyl halides is 1. The highest BCUT2D eigenvalue weighted by atomic mass is 35.5. The summed E-state index contributed by atoms with van der Waals surface area (Å²) in [6.45, 7) is 4.87. The van der Waals surface area contributed by atoms with Crippen molar-refractivity contribution in [3.63, 3.8) is 0 Å². The number of benzene rings is 1. The third kappa shape index (κ3) is 3.50. The lowest BCUT2D eigenvalue weighted by Crippen LogP contribution is -2.20. The molecule has 4 nitrogen and oxygen atoms in total. The molecule has 0 fully saturated rings. The van der Waals surface area contributed by atoms with E-state index in [-0.39, 0.29) is 5.38 Å². The summed E-state index contributed by atoms with van der Waals surface area (Å²) in [4.78, 5) is 4.40. The summed E-state index contributed by atoms with van der Waals surface area (Å²) in [5, 5.41) is 5.41. The SMILES string of the molecule is COc1cc2ccnc(NCC(Cl)C(C)C)c2cc1OC. The van der Waals surface area contributed by atoms with Gasteiger partial charge in [0.15, 0.2) is 11.5 Å². The summed E-state index contributed by atoms with van der Waals surface area (Å²) >= 11 is 6.29. The molecule has 0 saturated carbocycles. The number of hydrogen-bond donors (Lipinski definition) is 1. The van der Waals surface area contributed by atoms with Crippen molar-refractivity contribution >= 4 is 28.2 Å². The highest BCUT2D eigenvalue weighted by Gasteiger charge is 2.12. The Morgan fingerprint density at radius 2 is 1.86 bits per heavy atom. The fraction of sp³-hybridized carbons (Fsp3) is 0.438. The molecule has 1 heterocycles. The molecular formula is C16H21ClN2O2. The van der Waals surface area contributed by atoms with Gasteiger partial charge in [-0.1, -0.05) is 13.8 Å². The van der Waals surface area contributed by atoms with E-state index in [9.17, 15) is 0 Å². The van der Waals surface area contributed by atoms with E-state index in [1.54, 1.807) is 20.4 Å². The summed E-state index contributed by atoms with van der Waals surface area (Å²) in [7, 11) is 3.26. The van der Waals surface area contributed by atoms with Crippen molar-refractivity contribution in [1.82, 2.24) is 4.98 Å². The Bertz CT molecular complexity index is 616. The van der Waals surface area contributed by atoms with E-state index in [4.69, 9.17) is 21.1 Å². The fourth-order valence-corrected chi connectivity index (χ4v) is 2.15. The number of nitrogens with one attached hydrogen (secondary N) is 1. The molecule has 0 aliphatic carbocycles. The maximum absolute atomic E-state index is 6.29. The van der Waals surface area contributed by atoms with Gasteiger partial charge in [0, 0.05) is 18.1 Å². The maximum Gasteiger partial charge on any atom is 0.161 e. The van der Waals surface area contributed by atoms with Crippen LogP contribution in [0.25, 0.3) is 10.8 Å². The second-order valence-electron chi connectivity index (χ2n) is 5.23. The highest BCUT2D eigenvalue weighted by Crippen LogP contribution is 2.34. The van der Waals surface area contributed by atoms with Crippen molar-refractivity contribution in [2.75, 3.05) is 26.1 Å². The molecule has 1 aromatic heterocycles. The van der Waals surface area contributed by atoms with Gasteiger partial charge in [-0.2, -0.15) is 0 Å². The molecule has 21 heavy (non-hydrogen) atoms. The van der Waals surface area contributed by atoms with Crippen LogP contribution in [-0.4, -0.2) is 31.1 Å². The first-order chi connectivity index (χ1) is 10.1. The molecule has 0 spiro atoms. The van der Waals surface area contributed by atoms with Crippen molar-refractivity contribution in [2.24, 2.45) is 5.92 Å². The zero-order chi connectivity index (χ0) is 15.4. The van der Waals surface area contributed by atoms with Gasteiger partial charge in [-0.05, 0) is 29.5 Å². The number of anilines is 1. The Morgan fingerprint density at radius 1 is 1.19 bits per heavy atom. The van der Waals surface area contributed by atoms with Gasteiger partial charge in [-0.25, -0.2) is 4.98 Å². The Hall–Kier alpha value is -1.68. The Labute approximate surface area is 130 Å². The minimum atomic E-state index is 0.0576. The van der Waals surface area contributed by atoms with Crippen LogP contribution in [0, 0.1) is 5.92 Å². The van der Waals surface area contributed by atoms with Crippen molar-refractivity contribution in [3.8, 4) is 11.5 Å². The van der Waals surface area contributed by atoms with E-state index < -0.39 is 0 Å². The Kier molecular flexibility index (Phi) is 5.12. The van der Waals surface area contributed by atoms with E-state index in [0.717, 1.165) is 16.6 Å². The second kappa shape index (κ2) is 6.85. The molecule has 0 bridgehead atoms. The summed E-state index contributed by atoms with van der Waals surface area (Å²) in [5.41, 5.74) is 0. The Morgan fingerprint density at radius 3 is 2.48 bits per heavy atom. The van der Waals surface area contributed by atoms with Gasteiger partial charge >= 0.3 is 0 Å². The molecule has 1 unspecified atom stereocenters. The number of ether oxygens (including phenoxy) is 2. The predicted molar refractivity (Wildman–Crippen MR) is 87.8 cm³/mol. The first kappa shape index (κ1) is 15.7. The first-order valence-electron chi connectivity index (χ1n) is 6.95. The summed E-state index contributed by atoms with van der Waals surface area (Å²) < 4.78 is 10.7. The van der Waals surface area contributed by atoms with Crippen molar-refractivity contribution in [2.45, 2.75) is 19.2 Å². The van der Waals surface area contributed by atoms with Crippen LogP contribution in [0.15, 0.2) is 24.4 Å². The van der Waals surface area contributed by atoms with Gasteiger partial charge in [0.05, 0.1) is 19.6 Å². The number of aromatic nitrogens is 1. The lowest BCUT2D eigenvalue weighted by atomic mass is 10.1. The fourth-order valence-electron chi connectivity index (χ4n) is 2.07. The smallest absolute Gasteiger partial charge is 0.161 e. The van der Waals surface area contributed by atoms with Gasteiger partial charge in [-0.3, -0.25) is 0 Å². The van der Waals surface area contributed by atoms with Crippen LogP contribution in [-0.2, 0) is 0 Å². The number of pyridine rings is 1. The average Bonchev–Trinajstić information content (AvgIpc) is 2.50. The number of rotatable bonds is 6. The van der Waals surface area contributed by atoms with Crippen molar-refractivity contribution in [1.29, 1.82) is 0 Å². The second-order valence-corrected chi connectivity index (χ2v) is 5.79. The molecule has 0 amide bonds. The average molecular weight is 309 g/mol. The van der Waals surface area contributed by atoms with Gasteiger partial charge in [0.2, 0.25) is 0 Å². The highest BCUT2D eigenvalue weighted by molar-refractivity contribution is 6.21. The molecule has 1 aromatic carbocycles. The minimum absolute atomic E-state index is 0.0576. The molecule has 5 heteroatoms. The topological polar surface area (TPSA) is 43.4 Å². The molecule has 0 radical (unpaired) electrons. The van der Waals surface area contributed by atoms with Gasteiger partial charge in [-0.15, -0.1) is 11.6 Å². The van der Waals surface area contributed by atoms with Crippen LogP contribution in [0.1, 0.15) is 13.8 Å². The predicted octanol–water partition coefficient (Wildman–Crippen LogP) is 3.93. The van der Waals surface area contributed by atoms with Crippen LogP contribution < -0.4 is 14.8 Å². The third-order valence-electron chi connectivity index (χ3n) is 3.46. The molecule has 114 valence electrons. The van der Waals surface area contributed by atoms with Crippen LogP contribution in [0.2, 0.25) is 0 Å². The number of methoxy groups -OCH3 is 2. The zero-order valence-electron chi connectivity index (χ0n) is 12.8. The number of fused-ring (bicyclic) bond motifs is 1. The molecule has 1 N–H and O–H groups in total. The van der Waals surface area contributed by atoms with Gasteiger partial charge < -0.3 is 14.8 Å². The molecule has 2 aromatic rings. The van der Waals surface area contributed by atoms with E-state index in [2.05, 4.69) is 24.1 Å². The molecule has 2 rings (SSSR count).